The molecule has 0 fully saturated rings. The maximum absolute atomic E-state index is 11.9. The quantitative estimate of drug-likeness (QED) is 0.584. The summed E-state index contributed by atoms with van der Waals surface area (Å²) < 4.78 is 11.1. The molecule has 100 valence electrons. The van der Waals surface area contributed by atoms with Crippen LogP contribution in [0, 0.1) is 0 Å². The Morgan fingerprint density at radius 1 is 1.39 bits per heavy atom. The highest BCUT2D eigenvalue weighted by Gasteiger charge is 2.10. The smallest absolute Gasteiger partial charge is 0.252 e. The van der Waals surface area contributed by atoms with E-state index in [-0.39, 0.29) is 5.91 Å². The number of alkyl halides is 1. The van der Waals surface area contributed by atoms with Crippen molar-refractivity contribution in [3.8, 4) is 5.75 Å². The summed E-state index contributed by atoms with van der Waals surface area (Å²) in [4.78, 5) is 11.9. The lowest BCUT2D eigenvalue weighted by Gasteiger charge is -2.08. The Balaban J connectivity index is 2.50. The second-order valence-corrected chi connectivity index (χ2v) is 5.05. The van der Waals surface area contributed by atoms with Gasteiger partial charge in [-0.3, -0.25) is 4.79 Å². The van der Waals surface area contributed by atoms with Crippen molar-refractivity contribution in [2.24, 2.45) is 0 Å². The molecule has 0 heterocycles. The number of rotatable bonds is 7. The number of halogens is 2. The van der Waals surface area contributed by atoms with Crippen LogP contribution in [0.15, 0.2) is 22.7 Å². The molecule has 18 heavy (non-hydrogen) atoms. The lowest BCUT2D eigenvalue weighted by molar-refractivity contribution is 0.0923. The van der Waals surface area contributed by atoms with E-state index in [0.717, 1.165) is 9.80 Å². The number of carbonyl (C=O) groups is 1. The van der Waals surface area contributed by atoms with Gasteiger partial charge in [-0.2, -0.15) is 0 Å². The van der Waals surface area contributed by atoms with E-state index in [0.29, 0.717) is 31.1 Å². The molecule has 0 saturated heterocycles. The normalized spacial score (nSPS) is 10.2. The molecule has 0 radical (unpaired) electrons. The average Bonchev–Trinajstić information content (AvgIpc) is 2.39. The SMILES string of the molecule is COc1ccc(Br)c(C(=O)NCCOCCBr)c1. The first-order valence-electron chi connectivity index (χ1n) is 5.44. The first-order valence-corrected chi connectivity index (χ1v) is 7.36. The standard InChI is InChI=1S/C12H15Br2NO3/c1-17-9-2-3-11(14)10(8-9)12(16)15-5-7-18-6-4-13/h2-3,8H,4-7H2,1H3,(H,15,16). The van der Waals surface area contributed by atoms with Gasteiger partial charge in [0.2, 0.25) is 0 Å². The predicted molar refractivity (Wildman–Crippen MR) is 77.6 cm³/mol. The minimum absolute atomic E-state index is 0.150. The summed E-state index contributed by atoms with van der Waals surface area (Å²) in [5, 5.41) is 3.58. The van der Waals surface area contributed by atoms with E-state index in [1.54, 1.807) is 25.3 Å². The number of amides is 1. The van der Waals surface area contributed by atoms with Crippen LogP contribution in [0.4, 0.5) is 0 Å². The van der Waals surface area contributed by atoms with Gasteiger partial charge in [0.15, 0.2) is 0 Å². The average molecular weight is 381 g/mol. The minimum Gasteiger partial charge on any atom is -0.497 e. The van der Waals surface area contributed by atoms with Crippen LogP contribution >= 0.6 is 31.9 Å². The zero-order valence-electron chi connectivity index (χ0n) is 10.0. The molecule has 4 nitrogen and oxygen atoms in total. The Labute approximate surface area is 123 Å². The maximum Gasteiger partial charge on any atom is 0.252 e. The van der Waals surface area contributed by atoms with Crippen LogP contribution in [0.1, 0.15) is 10.4 Å². The molecular weight excluding hydrogens is 366 g/mol. The summed E-state index contributed by atoms with van der Waals surface area (Å²) in [5.74, 6) is 0.502. The Morgan fingerprint density at radius 2 is 2.17 bits per heavy atom. The second-order valence-electron chi connectivity index (χ2n) is 3.40. The Bertz CT molecular complexity index is 399. The molecule has 0 aliphatic rings. The topological polar surface area (TPSA) is 47.6 Å². The van der Waals surface area contributed by atoms with E-state index in [9.17, 15) is 4.79 Å². The highest BCUT2D eigenvalue weighted by molar-refractivity contribution is 9.10. The minimum atomic E-state index is -0.150. The highest BCUT2D eigenvalue weighted by Crippen LogP contribution is 2.22. The van der Waals surface area contributed by atoms with Crippen molar-refractivity contribution in [2.75, 3.05) is 32.2 Å². The fourth-order valence-electron chi connectivity index (χ4n) is 1.29. The van der Waals surface area contributed by atoms with Gasteiger partial charge in [0.05, 0.1) is 25.9 Å². The molecule has 0 aliphatic carbocycles. The molecule has 0 spiro atoms. The highest BCUT2D eigenvalue weighted by atomic mass is 79.9. The van der Waals surface area contributed by atoms with Gasteiger partial charge in [-0.25, -0.2) is 0 Å². The first kappa shape index (κ1) is 15.5. The van der Waals surface area contributed by atoms with Crippen LogP contribution in [-0.2, 0) is 4.74 Å². The van der Waals surface area contributed by atoms with Gasteiger partial charge in [-0.15, -0.1) is 0 Å². The summed E-state index contributed by atoms with van der Waals surface area (Å²) in [6.07, 6.45) is 0. The van der Waals surface area contributed by atoms with Crippen molar-refractivity contribution in [1.29, 1.82) is 0 Å². The van der Waals surface area contributed by atoms with Gasteiger partial charge < -0.3 is 14.8 Å². The fourth-order valence-corrected chi connectivity index (χ4v) is 1.95. The van der Waals surface area contributed by atoms with Crippen LogP contribution in [0.25, 0.3) is 0 Å². The van der Waals surface area contributed by atoms with Crippen molar-refractivity contribution in [2.45, 2.75) is 0 Å². The van der Waals surface area contributed by atoms with E-state index >= 15 is 0 Å². The van der Waals surface area contributed by atoms with Gasteiger partial charge in [0, 0.05) is 16.3 Å². The summed E-state index contributed by atoms with van der Waals surface area (Å²) in [6.45, 7) is 1.62. The molecule has 1 N–H and O–H groups in total. The van der Waals surface area contributed by atoms with E-state index in [1.807, 2.05) is 0 Å². The molecule has 6 heteroatoms. The number of hydrogen-bond acceptors (Lipinski definition) is 3. The third-order valence-corrected chi connectivity index (χ3v) is 3.19. The van der Waals surface area contributed by atoms with Crippen LogP contribution < -0.4 is 10.1 Å². The van der Waals surface area contributed by atoms with Crippen molar-refractivity contribution in [3.05, 3.63) is 28.2 Å². The van der Waals surface area contributed by atoms with Crippen molar-refractivity contribution in [3.63, 3.8) is 0 Å². The largest absolute Gasteiger partial charge is 0.497 e. The number of carbonyl (C=O) groups excluding carboxylic acids is 1. The molecule has 0 bridgehead atoms. The van der Waals surface area contributed by atoms with Crippen LogP contribution in [0.5, 0.6) is 5.75 Å². The van der Waals surface area contributed by atoms with Crippen molar-refractivity contribution < 1.29 is 14.3 Å². The van der Waals surface area contributed by atoms with Gasteiger partial charge >= 0.3 is 0 Å². The van der Waals surface area contributed by atoms with Crippen LogP contribution in [-0.4, -0.2) is 38.1 Å². The predicted octanol–water partition coefficient (Wildman–Crippen LogP) is 2.60. The van der Waals surface area contributed by atoms with Crippen molar-refractivity contribution in [1.82, 2.24) is 5.32 Å². The lowest BCUT2D eigenvalue weighted by Crippen LogP contribution is -2.27. The summed E-state index contributed by atoms with van der Waals surface area (Å²) >= 11 is 6.60. The Morgan fingerprint density at radius 3 is 2.83 bits per heavy atom. The number of ether oxygens (including phenoxy) is 2. The molecule has 1 amide bonds. The molecular formula is C12H15Br2NO3. The second kappa shape index (κ2) is 8.50. The number of methoxy groups -OCH3 is 1. The number of benzene rings is 1. The van der Waals surface area contributed by atoms with Gasteiger partial charge in [-0.1, -0.05) is 15.9 Å². The first-order chi connectivity index (χ1) is 8.69. The molecule has 1 aromatic rings. The van der Waals surface area contributed by atoms with Crippen molar-refractivity contribution >= 4 is 37.8 Å². The zero-order chi connectivity index (χ0) is 13.4. The van der Waals surface area contributed by atoms with E-state index < -0.39 is 0 Å². The molecule has 0 aromatic heterocycles. The summed E-state index contributed by atoms with van der Waals surface area (Å²) in [5.41, 5.74) is 0.551. The lowest BCUT2D eigenvalue weighted by atomic mass is 10.2. The van der Waals surface area contributed by atoms with Gasteiger partial charge in [0.25, 0.3) is 5.91 Å². The molecule has 1 aromatic carbocycles. The third kappa shape index (κ3) is 4.96. The van der Waals surface area contributed by atoms with Crippen LogP contribution in [0.2, 0.25) is 0 Å². The molecule has 1 rings (SSSR count). The van der Waals surface area contributed by atoms with Crippen LogP contribution in [0.3, 0.4) is 0 Å². The number of hydrogen-bond donors (Lipinski definition) is 1. The number of nitrogens with one attached hydrogen (secondary N) is 1. The molecule has 0 aliphatic heterocycles. The van der Waals surface area contributed by atoms with E-state index in [2.05, 4.69) is 37.2 Å². The maximum atomic E-state index is 11.9. The summed E-state index contributed by atoms with van der Waals surface area (Å²) in [7, 11) is 1.57. The molecule has 0 atom stereocenters. The Kier molecular flexibility index (Phi) is 7.31. The Hall–Kier alpha value is -0.590. The van der Waals surface area contributed by atoms with Gasteiger partial charge in [-0.05, 0) is 34.1 Å². The molecule has 0 unspecified atom stereocenters. The monoisotopic (exact) mass is 379 g/mol. The van der Waals surface area contributed by atoms with Gasteiger partial charge in [0.1, 0.15) is 5.75 Å². The zero-order valence-corrected chi connectivity index (χ0v) is 13.2. The van der Waals surface area contributed by atoms with E-state index in [1.165, 1.54) is 0 Å². The fraction of sp³-hybridized carbons (Fsp3) is 0.417. The third-order valence-electron chi connectivity index (χ3n) is 2.17. The summed E-state index contributed by atoms with van der Waals surface area (Å²) in [6, 6.07) is 5.27. The molecule has 0 saturated carbocycles. The van der Waals surface area contributed by atoms with E-state index in [4.69, 9.17) is 9.47 Å².